The number of halogens is 1. The molecule has 5 rings (SSSR count). The van der Waals surface area contributed by atoms with Crippen molar-refractivity contribution in [3.8, 4) is 22.7 Å². The van der Waals surface area contributed by atoms with Gasteiger partial charge in [-0.15, -0.1) is 11.3 Å². The van der Waals surface area contributed by atoms with Crippen molar-refractivity contribution in [3.63, 3.8) is 0 Å². The predicted molar refractivity (Wildman–Crippen MR) is 108 cm³/mol. The quantitative estimate of drug-likeness (QED) is 0.394. The molecule has 5 aromatic rings. The van der Waals surface area contributed by atoms with E-state index in [1.807, 2.05) is 41.8 Å². The van der Waals surface area contributed by atoms with Crippen LogP contribution < -0.4 is 0 Å². The lowest BCUT2D eigenvalue weighted by atomic mass is 10.0. The van der Waals surface area contributed by atoms with E-state index in [2.05, 4.69) is 16.2 Å². The first kappa shape index (κ1) is 16.8. The molecule has 0 amide bonds. The highest BCUT2D eigenvalue weighted by Crippen LogP contribution is 2.31. The van der Waals surface area contributed by atoms with Crippen molar-refractivity contribution in [2.75, 3.05) is 0 Å². The Labute approximate surface area is 164 Å². The largest absolute Gasteiger partial charge is 0.334 e. The number of fused-ring (bicyclic) bond motifs is 1. The number of aromatic nitrogens is 3. The molecule has 0 spiro atoms. The zero-order valence-electron chi connectivity index (χ0n) is 14.7. The summed E-state index contributed by atoms with van der Waals surface area (Å²) in [7, 11) is 0. The van der Waals surface area contributed by atoms with Crippen LogP contribution in [0, 0.1) is 5.82 Å². The molecule has 28 heavy (non-hydrogen) atoms. The minimum absolute atomic E-state index is 0.278. The molecule has 0 unspecified atom stereocenters. The van der Waals surface area contributed by atoms with Gasteiger partial charge in [0.05, 0.1) is 16.8 Å². The van der Waals surface area contributed by atoms with Crippen LogP contribution in [-0.2, 0) is 6.42 Å². The molecule has 0 aliphatic heterocycles. The van der Waals surface area contributed by atoms with Gasteiger partial charge in [0.15, 0.2) is 5.82 Å². The fourth-order valence-corrected chi connectivity index (χ4v) is 3.83. The van der Waals surface area contributed by atoms with E-state index in [1.165, 1.54) is 17.0 Å². The number of hydrogen-bond donors (Lipinski definition) is 0. The number of benzene rings is 2. The second-order valence-corrected chi connectivity index (χ2v) is 7.38. The zero-order chi connectivity index (χ0) is 18.9. The molecule has 0 saturated heterocycles. The molecule has 0 radical (unpaired) electrons. The Balaban J connectivity index is 1.62. The maximum atomic E-state index is 13.3. The van der Waals surface area contributed by atoms with Crippen molar-refractivity contribution in [3.05, 3.63) is 88.6 Å². The smallest absolute Gasteiger partial charge is 0.258 e. The van der Waals surface area contributed by atoms with Gasteiger partial charge in [0.1, 0.15) is 5.82 Å². The molecule has 4 nitrogen and oxygen atoms in total. The summed E-state index contributed by atoms with van der Waals surface area (Å²) in [5.41, 5.74) is 3.19. The lowest BCUT2D eigenvalue weighted by Gasteiger charge is -2.07. The molecule has 3 aromatic heterocycles. The van der Waals surface area contributed by atoms with E-state index in [1.54, 1.807) is 23.5 Å². The van der Waals surface area contributed by atoms with Gasteiger partial charge in [0.25, 0.3) is 5.89 Å². The predicted octanol–water partition coefficient (Wildman–Crippen LogP) is 5.74. The van der Waals surface area contributed by atoms with Crippen LogP contribution in [0.2, 0.25) is 0 Å². The Morgan fingerprint density at radius 2 is 1.79 bits per heavy atom. The van der Waals surface area contributed by atoms with Gasteiger partial charge >= 0.3 is 0 Å². The third-order valence-electron chi connectivity index (χ3n) is 4.47. The average molecular weight is 387 g/mol. The van der Waals surface area contributed by atoms with Gasteiger partial charge in [0, 0.05) is 22.2 Å². The third-order valence-corrected chi connectivity index (χ3v) is 5.34. The summed E-state index contributed by atoms with van der Waals surface area (Å²) in [4.78, 5) is 10.5. The Morgan fingerprint density at radius 3 is 2.61 bits per heavy atom. The molecule has 136 valence electrons. The number of pyridine rings is 1. The normalized spacial score (nSPS) is 11.2. The van der Waals surface area contributed by atoms with Crippen LogP contribution in [0.15, 0.2) is 76.6 Å². The number of para-hydroxylation sites is 1. The highest BCUT2D eigenvalue weighted by molar-refractivity contribution is 7.09. The molecule has 0 aliphatic rings. The summed E-state index contributed by atoms with van der Waals surface area (Å²) in [6, 6.07) is 20.1. The highest BCUT2D eigenvalue weighted by atomic mass is 32.1. The Bertz CT molecular complexity index is 1250. The van der Waals surface area contributed by atoms with Crippen molar-refractivity contribution in [1.29, 1.82) is 0 Å². The fourth-order valence-electron chi connectivity index (χ4n) is 3.13. The van der Waals surface area contributed by atoms with Crippen molar-refractivity contribution in [2.45, 2.75) is 6.42 Å². The van der Waals surface area contributed by atoms with E-state index in [9.17, 15) is 4.39 Å². The molecule has 0 aliphatic carbocycles. The second kappa shape index (κ2) is 6.98. The topological polar surface area (TPSA) is 51.8 Å². The molecular weight excluding hydrogens is 373 g/mol. The van der Waals surface area contributed by atoms with Crippen LogP contribution in [0.1, 0.15) is 10.7 Å². The molecule has 0 fully saturated rings. The van der Waals surface area contributed by atoms with Crippen molar-refractivity contribution >= 4 is 22.2 Å². The number of nitrogens with zero attached hydrogens (tertiary/aromatic N) is 3. The Hall–Kier alpha value is -3.38. The van der Waals surface area contributed by atoms with Gasteiger partial charge < -0.3 is 4.52 Å². The van der Waals surface area contributed by atoms with Crippen LogP contribution >= 0.6 is 11.3 Å². The lowest BCUT2D eigenvalue weighted by molar-refractivity contribution is 0.424. The summed E-state index contributed by atoms with van der Waals surface area (Å²) >= 11 is 1.66. The van der Waals surface area contributed by atoms with E-state index < -0.39 is 0 Å². The summed E-state index contributed by atoms with van der Waals surface area (Å²) in [5.74, 6) is 0.815. The number of hydrogen-bond acceptors (Lipinski definition) is 5. The van der Waals surface area contributed by atoms with E-state index in [-0.39, 0.29) is 5.82 Å². The van der Waals surface area contributed by atoms with Gasteiger partial charge in [-0.25, -0.2) is 9.37 Å². The standard InChI is InChI=1S/C22H14FN3OS/c23-15-9-7-14(8-10-15)20-13-18(17-5-1-2-6-19(17)24-20)22-25-21(26-27-22)12-16-4-3-11-28-16/h1-11,13H,12H2. The highest BCUT2D eigenvalue weighted by Gasteiger charge is 2.15. The molecule has 0 atom stereocenters. The maximum Gasteiger partial charge on any atom is 0.258 e. The van der Waals surface area contributed by atoms with E-state index >= 15 is 0 Å². The Kier molecular flexibility index (Phi) is 4.18. The van der Waals surface area contributed by atoms with Crippen molar-refractivity contribution in [1.82, 2.24) is 15.1 Å². The van der Waals surface area contributed by atoms with Gasteiger partial charge in [-0.1, -0.05) is 29.4 Å². The second-order valence-electron chi connectivity index (χ2n) is 6.35. The lowest BCUT2D eigenvalue weighted by Crippen LogP contribution is -1.91. The van der Waals surface area contributed by atoms with Gasteiger partial charge in [-0.2, -0.15) is 4.98 Å². The van der Waals surface area contributed by atoms with Crippen LogP contribution in [-0.4, -0.2) is 15.1 Å². The number of rotatable bonds is 4. The van der Waals surface area contributed by atoms with E-state index in [0.29, 0.717) is 18.1 Å². The SMILES string of the molecule is Fc1ccc(-c2cc(-c3nc(Cc4cccs4)no3)c3ccccc3n2)cc1. The van der Waals surface area contributed by atoms with E-state index in [4.69, 9.17) is 9.51 Å². The molecule has 2 aromatic carbocycles. The Morgan fingerprint density at radius 1 is 0.929 bits per heavy atom. The van der Waals surface area contributed by atoms with Gasteiger partial charge in [0.2, 0.25) is 0 Å². The van der Waals surface area contributed by atoms with E-state index in [0.717, 1.165) is 27.7 Å². The van der Waals surface area contributed by atoms with Crippen LogP contribution in [0.3, 0.4) is 0 Å². The summed E-state index contributed by atoms with van der Waals surface area (Å²) in [6.07, 6.45) is 0.634. The molecule has 0 bridgehead atoms. The van der Waals surface area contributed by atoms with Crippen molar-refractivity contribution < 1.29 is 8.91 Å². The van der Waals surface area contributed by atoms with Gasteiger partial charge in [-0.3, -0.25) is 0 Å². The molecule has 3 heterocycles. The summed E-state index contributed by atoms with van der Waals surface area (Å²) in [6.45, 7) is 0. The first-order valence-corrected chi connectivity index (χ1v) is 9.65. The average Bonchev–Trinajstić information content (AvgIpc) is 3.40. The zero-order valence-corrected chi connectivity index (χ0v) is 15.5. The first-order valence-electron chi connectivity index (χ1n) is 8.77. The monoisotopic (exact) mass is 387 g/mol. The molecule has 0 saturated carbocycles. The van der Waals surface area contributed by atoms with Crippen molar-refractivity contribution in [2.24, 2.45) is 0 Å². The minimum atomic E-state index is -0.278. The number of thiophene rings is 1. The van der Waals surface area contributed by atoms with Crippen LogP contribution in [0.25, 0.3) is 33.6 Å². The maximum absolute atomic E-state index is 13.3. The first-order chi connectivity index (χ1) is 13.8. The summed E-state index contributed by atoms with van der Waals surface area (Å²) < 4.78 is 18.9. The third kappa shape index (κ3) is 3.18. The minimum Gasteiger partial charge on any atom is -0.334 e. The van der Waals surface area contributed by atoms with Crippen LogP contribution in [0.5, 0.6) is 0 Å². The molecular formula is C22H14FN3OS. The van der Waals surface area contributed by atoms with Crippen LogP contribution in [0.4, 0.5) is 4.39 Å². The fraction of sp³-hybridized carbons (Fsp3) is 0.0455. The van der Waals surface area contributed by atoms with Gasteiger partial charge in [-0.05, 0) is 47.8 Å². The molecule has 0 N–H and O–H groups in total. The summed E-state index contributed by atoms with van der Waals surface area (Å²) in [5, 5.41) is 7.10. The molecule has 6 heteroatoms.